The smallest absolute Gasteiger partial charge is 0.143 e. The zero-order chi connectivity index (χ0) is 10.7. The van der Waals surface area contributed by atoms with Gasteiger partial charge in [0.15, 0.2) is 0 Å². The average molecular weight is 284 g/mol. The van der Waals surface area contributed by atoms with Gasteiger partial charge >= 0.3 is 0 Å². The molecule has 0 saturated carbocycles. The highest BCUT2D eigenvalue weighted by Crippen LogP contribution is 2.29. The minimum atomic E-state index is 0.641. The van der Waals surface area contributed by atoms with Gasteiger partial charge in [-0.3, -0.25) is 4.98 Å². The predicted octanol–water partition coefficient (Wildman–Crippen LogP) is 2.47. The van der Waals surface area contributed by atoms with Crippen LogP contribution in [0.5, 0.6) is 0 Å². The molecule has 0 spiro atoms. The van der Waals surface area contributed by atoms with Crippen LogP contribution in [0.25, 0.3) is 10.7 Å². The first-order valence-electron chi connectivity index (χ1n) is 4.58. The largest absolute Gasteiger partial charge is 0.330 e. The van der Waals surface area contributed by atoms with E-state index in [1.807, 2.05) is 18.2 Å². The minimum Gasteiger partial charge on any atom is -0.330 e. The van der Waals surface area contributed by atoms with E-state index in [4.69, 9.17) is 5.73 Å². The number of hydrogen-bond acceptors (Lipinski definition) is 4. The lowest BCUT2D eigenvalue weighted by atomic mass is 10.4. The van der Waals surface area contributed by atoms with Crippen LogP contribution in [-0.4, -0.2) is 16.5 Å². The molecular formula is C10H10BrN3S. The third-order valence-corrected chi connectivity index (χ3v) is 3.96. The van der Waals surface area contributed by atoms with Gasteiger partial charge in [-0.1, -0.05) is 6.07 Å². The zero-order valence-corrected chi connectivity index (χ0v) is 10.4. The topological polar surface area (TPSA) is 51.8 Å². The molecule has 0 aliphatic rings. The maximum Gasteiger partial charge on any atom is 0.143 e. The van der Waals surface area contributed by atoms with E-state index in [-0.39, 0.29) is 0 Å². The van der Waals surface area contributed by atoms with Gasteiger partial charge in [0.2, 0.25) is 0 Å². The van der Waals surface area contributed by atoms with E-state index in [0.29, 0.717) is 6.54 Å². The fraction of sp³-hybridized carbons (Fsp3) is 0.200. The van der Waals surface area contributed by atoms with Crippen LogP contribution >= 0.6 is 27.3 Å². The van der Waals surface area contributed by atoms with Gasteiger partial charge in [-0.25, -0.2) is 4.98 Å². The Morgan fingerprint density at radius 1 is 1.40 bits per heavy atom. The van der Waals surface area contributed by atoms with Gasteiger partial charge in [0, 0.05) is 11.1 Å². The summed E-state index contributed by atoms with van der Waals surface area (Å²) in [5.41, 5.74) is 6.43. The molecule has 2 rings (SSSR count). The first-order valence-corrected chi connectivity index (χ1v) is 6.19. The molecule has 2 aromatic heterocycles. The Hall–Kier alpha value is -0.780. The van der Waals surface area contributed by atoms with Gasteiger partial charge in [0.25, 0.3) is 0 Å². The van der Waals surface area contributed by atoms with Crippen LogP contribution in [-0.2, 0) is 6.42 Å². The van der Waals surface area contributed by atoms with Crippen molar-refractivity contribution < 1.29 is 0 Å². The Labute approximate surface area is 101 Å². The van der Waals surface area contributed by atoms with Crippen molar-refractivity contribution in [2.24, 2.45) is 5.73 Å². The molecule has 5 heteroatoms. The average Bonchev–Trinajstić information content (AvgIpc) is 2.63. The summed E-state index contributed by atoms with van der Waals surface area (Å²) in [6.45, 7) is 0.641. The molecule has 0 aliphatic heterocycles. The molecule has 3 nitrogen and oxygen atoms in total. The van der Waals surface area contributed by atoms with Gasteiger partial charge < -0.3 is 5.73 Å². The first-order chi connectivity index (χ1) is 7.31. The highest BCUT2D eigenvalue weighted by Gasteiger charge is 2.10. The third kappa shape index (κ3) is 2.42. The van der Waals surface area contributed by atoms with Crippen molar-refractivity contribution in [2.45, 2.75) is 6.42 Å². The second-order valence-electron chi connectivity index (χ2n) is 2.99. The third-order valence-electron chi connectivity index (χ3n) is 1.91. The standard InChI is InChI=1S/C10H10BrN3S/c11-9-8(4-5-12)15-10(14-9)7-3-1-2-6-13-7/h1-3,6H,4-5,12H2. The fourth-order valence-corrected chi connectivity index (χ4v) is 2.90. The van der Waals surface area contributed by atoms with Gasteiger partial charge in [-0.15, -0.1) is 11.3 Å². The molecule has 0 aromatic carbocycles. The molecule has 0 saturated heterocycles. The molecule has 15 heavy (non-hydrogen) atoms. The second-order valence-corrected chi connectivity index (χ2v) is 4.82. The van der Waals surface area contributed by atoms with Crippen molar-refractivity contribution in [1.82, 2.24) is 9.97 Å². The van der Waals surface area contributed by atoms with E-state index in [2.05, 4.69) is 25.9 Å². The monoisotopic (exact) mass is 283 g/mol. The lowest BCUT2D eigenvalue weighted by molar-refractivity contribution is 0.977. The number of thiazole rings is 1. The van der Waals surface area contributed by atoms with Crippen molar-refractivity contribution in [3.8, 4) is 10.7 Å². The number of aromatic nitrogens is 2. The Kier molecular flexibility index (Phi) is 3.45. The molecular weight excluding hydrogens is 274 g/mol. The maximum atomic E-state index is 5.52. The van der Waals surface area contributed by atoms with Crippen LogP contribution in [0, 0.1) is 0 Å². The summed E-state index contributed by atoms with van der Waals surface area (Å²) in [5.74, 6) is 0. The summed E-state index contributed by atoms with van der Waals surface area (Å²) >= 11 is 5.07. The molecule has 2 N–H and O–H groups in total. The number of halogens is 1. The lowest BCUT2D eigenvalue weighted by Crippen LogP contribution is -2.01. The van der Waals surface area contributed by atoms with Gasteiger partial charge in [-0.2, -0.15) is 0 Å². The normalized spacial score (nSPS) is 10.5. The number of rotatable bonds is 3. The Bertz CT molecular complexity index is 441. The molecule has 0 amide bonds. The second kappa shape index (κ2) is 4.83. The maximum absolute atomic E-state index is 5.52. The van der Waals surface area contributed by atoms with Crippen LogP contribution < -0.4 is 5.73 Å². The number of nitrogens with zero attached hydrogens (tertiary/aromatic N) is 2. The van der Waals surface area contributed by atoms with Crippen LogP contribution in [0.4, 0.5) is 0 Å². The van der Waals surface area contributed by atoms with Crippen LogP contribution in [0.15, 0.2) is 29.0 Å². The quantitative estimate of drug-likeness (QED) is 0.942. The van der Waals surface area contributed by atoms with Gasteiger partial charge in [0.1, 0.15) is 9.61 Å². The van der Waals surface area contributed by atoms with Crippen LogP contribution in [0.1, 0.15) is 4.88 Å². The summed E-state index contributed by atoms with van der Waals surface area (Å²) in [4.78, 5) is 9.85. The number of pyridine rings is 1. The minimum absolute atomic E-state index is 0.641. The van der Waals surface area contributed by atoms with E-state index in [0.717, 1.165) is 21.7 Å². The molecule has 0 aliphatic carbocycles. The van der Waals surface area contributed by atoms with Crippen molar-refractivity contribution in [2.75, 3.05) is 6.54 Å². The molecule has 78 valence electrons. The summed E-state index contributed by atoms with van der Waals surface area (Å²) < 4.78 is 0.888. The highest BCUT2D eigenvalue weighted by atomic mass is 79.9. The van der Waals surface area contributed by atoms with Crippen molar-refractivity contribution in [1.29, 1.82) is 0 Å². The summed E-state index contributed by atoms with van der Waals surface area (Å²) in [5, 5.41) is 0.936. The SMILES string of the molecule is NCCc1sc(-c2ccccn2)nc1Br. The zero-order valence-electron chi connectivity index (χ0n) is 7.98. The molecule has 0 radical (unpaired) electrons. The Balaban J connectivity index is 2.34. The number of hydrogen-bond donors (Lipinski definition) is 1. The van der Waals surface area contributed by atoms with E-state index in [1.165, 1.54) is 4.88 Å². The van der Waals surface area contributed by atoms with Crippen molar-refractivity contribution >= 4 is 27.3 Å². The summed E-state index contributed by atoms with van der Waals surface area (Å²) in [6, 6.07) is 5.81. The summed E-state index contributed by atoms with van der Waals surface area (Å²) in [7, 11) is 0. The van der Waals surface area contributed by atoms with E-state index in [9.17, 15) is 0 Å². The molecule has 0 bridgehead atoms. The van der Waals surface area contributed by atoms with Crippen LogP contribution in [0.2, 0.25) is 0 Å². The highest BCUT2D eigenvalue weighted by molar-refractivity contribution is 9.10. The van der Waals surface area contributed by atoms with E-state index in [1.54, 1.807) is 17.5 Å². The molecule has 2 heterocycles. The van der Waals surface area contributed by atoms with Crippen molar-refractivity contribution in [3.05, 3.63) is 33.9 Å². The Morgan fingerprint density at radius 3 is 2.93 bits per heavy atom. The van der Waals surface area contributed by atoms with Gasteiger partial charge in [0.05, 0.1) is 5.69 Å². The van der Waals surface area contributed by atoms with E-state index >= 15 is 0 Å². The van der Waals surface area contributed by atoms with Crippen molar-refractivity contribution in [3.63, 3.8) is 0 Å². The summed E-state index contributed by atoms with van der Waals surface area (Å²) in [6.07, 6.45) is 2.62. The van der Waals surface area contributed by atoms with Crippen LogP contribution in [0.3, 0.4) is 0 Å². The first kappa shape index (κ1) is 10.7. The molecule has 0 fully saturated rings. The molecule has 0 unspecified atom stereocenters. The fourth-order valence-electron chi connectivity index (χ4n) is 1.22. The number of nitrogens with two attached hydrogens (primary N) is 1. The lowest BCUT2D eigenvalue weighted by Gasteiger charge is -1.92. The molecule has 0 atom stereocenters. The van der Waals surface area contributed by atoms with Gasteiger partial charge in [-0.05, 0) is 41.0 Å². The van der Waals surface area contributed by atoms with E-state index < -0.39 is 0 Å². The predicted molar refractivity (Wildman–Crippen MR) is 65.8 cm³/mol. The Morgan fingerprint density at radius 2 is 2.27 bits per heavy atom. The molecule has 2 aromatic rings.